The van der Waals surface area contributed by atoms with Gasteiger partial charge >= 0.3 is 0 Å². The molecule has 0 radical (unpaired) electrons. The van der Waals surface area contributed by atoms with E-state index in [2.05, 4.69) is 60.4 Å². The van der Waals surface area contributed by atoms with Crippen LogP contribution in [-0.2, 0) is 0 Å². The van der Waals surface area contributed by atoms with E-state index in [0.29, 0.717) is 0 Å². The Hall–Kier alpha value is -3.13. The molecular formula is C23H19NO. The van der Waals surface area contributed by atoms with Gasteiger partial charge in [0.05, 0.1) is 12.8 Å². The Kier molecular flexibility index (Phi) is 3.95. The van der Waals surface area contributed by atoms with Crippen molar-refractivity contribution in [1.82, 2.24) is 4.98 Å². The van der Waals surface area contributed by atoms with Crippen molar-refractivity contribution in [3.63, 3.8) is 0 Å². The number of methoxy groups -OCH3 is 1. The molecule has 0 fully saturated rings. The number of pyridine rings is 1. The first-order chi connectivity index (χ1) is 12.3. The van der Waals surface area contributed by atoms with Crippen LogP contribution in [0.5, 0.6) is 5.75 Å². The van der Waals surface area contributed by atoms with Crippen LogP contribution < -0.4 is 4.74 Å². The molecule has 0 atom stereocenters. The van der Waals surface area contributed by atoms with Gasteiger partial charge in [-0.25, -0.2) is 0 Å². The molecule has 25 heavy (non-hydrogen) atoms. The molecule has 0 N–H and O–H groups in total. The van der Waals surface area contributed by atoms with E-state index in [9.17, 15) is 0 Å². The van der Waals surface area contributed by atoms with Gasteiger partial charge in [0.1, 0.15) is 5.75 Å². The third kappa shape index (κ3) is 2.76. The minimum Gasteiger partial charge on any atom is -0.496 e. The fourth-order valence-corrected chi connectivity index (χ4v) is 3.31. The van der Waals surface area contributed by atoms with Gasteiger partial charge in [0.25, 0.3) is 0 Å². The summed E-state index contributed by atoms with van der Waals surface area (Å²) in [6.45, 7) is 2.15. The number of aromatic nitrogens is 1. The molecule has 0 bridgehead atoms. The van der Waals surface area contributed by atoms with Crippen molar-refractivity contribution in [1.29, 1.82) is 0 Å². The first-order valence-electron chi connectivity index (χ1n) is 8.36. The maximum absolute atomic E-state index is 5.65. The van der Waals surface area contributed by atoms with Crippen molar-refractivity contribution in [2.24, 2.45) is 0 Å². The number of rotatable bonds is 3. The highest BCUT2D eigenvalue weighted by atomic mass is 16.5. The number of hydrogen-bond acceptors (Lipinski definition) is 2. The normalized spacial score (nSPS) is 10.8. The molecular weight excluding hydrogens is 306 g/mol. The number of aryl methyl sites for hydroxylation is 1. The van der Waals surface area contributed by atoms with Crippen LogP contribution >= 0.6 is 0 Å². The lowest BCUT2D eigenvalue weighted by Gasteiger charge is -2.14. The Labute approximate surface area is 147 Å². The Morgan fingerprint density at radius 1 is 0.760 bits per heavy atom. The number of fused-ring (bicyclic) bond motifs is 1. The second-order valence-electron chi connectivity index (χ2n) is 6.11. The maximum atomic E-state index is 5.65. The molecule has 0 aliphatic rings. The molecule has 0 saturated carbocycles. The van der Waals surface area contributed by atoms with E-state index in [1.807, 2.05) is 30.5 Å². The number of nitrogens with zero attached hydrogens (tertiary/aromatic N) is 1. The predicted octanol–water partition coefficient (Wildman–Crippen LogP) is 5.89. The summed E-state index contributed by atoms with van der Waals surface area (Å²) < 4.78 is 5.65. The molecule has 0 saturated heterocycles. The molecule has 2 heteroatoms. The highest BCUT2D eigenvalue weighted by Gasteiger charge is 2.12. The zero-order valence-electron chi connectivity index (χ0n) is 14.4. The second kappa shape index (κ2) is 6.40. The quantitative estimate of drug-likeness (QED) is 0.469. The predicted molar refractivity (Wildman–Crippen MR) is 104 cm³/mol. The van der Waals surface area contributed by atoms with Gasteiger partial charge in [-0.05, 0) is 59.2 Å². The molecule has 0 unspecified atom stereocenters. The summed E-state index contributed by atoms with van der Waals surface area (Å²) in [5, 5.41) is 2.50. The standard InChI is InChI=1S/C23H19NO/c1-16-7-5-9-19-18(16)8-6-10-20(19)21-15-17(12-13-23(21)25-2)22-11-3-4-14-24-22/h3-15H,1-2H3. The van der Waals surface area contributed by atoms with Gasteiger partial charge in [-0.15, -0.1) is 0 Å². The summed E-state index contributed by atoms with van der Waals surface area (Å²) in [5.74, 6) is 0.869. The van der Waals surface area contributed by atoms with Gasteiger partial charge < -0.3 is 4.74 Å². The maximum Gasteiger partial charge on any atom is 0.126 e. The first kappa shape index (κ1) is 15.4. The molecule has 0 spiro atoms. The average molecular weight is 325 g/mol. The molecule has 1 aromatic heterocycles. The Morgan fingerprint density at radius 3 is 2.40 bits per heavy atom. The van der Waals surface area contributed by atoms with Crippen molar-refractivity contribution in [2.45, 2.75) is 6.92 Å². The van der Waals surface area contributed by atoms with Gasteiger partial charge in [0.15, 0.2) is 0 Å². The topological polar surface area (TPSA) is 22.1 Å². The van der Waals surface area contributed by atoms with Crippen LogP contribution in [0.15, 0.2) is 79.0 Å². The van der Waals surface area contributed by atoms with Crippen LogP contribution in [0, 0.1) is 6.92 Å². The van der Waals surface area contributed by atoms with E-state index in [4.69, 9.17) is 4.74 Å². The summed E-state index contributed by atoms with van der Waals surface area (Å²) in [5.41, 5.74) is 5.58. The Morgan fingerprint density at radius 2 is 1.60 bits per heavy atom. The van der Waals surface area contributed by atoms with Crippen molar-refractivity contribution < 1.29 is 4.74 Å². The molecule has 2 nitrogen and oxygen atoms in total. The third-order valence-corrected chi connectivity index (χ3v) is 4.59. The van der Waals surface area contributed by atoms with Gasteiger partial charge in [-0.2, -0.15) is 0 Å². The highest BCUT2D eigenvalue weighted by Crippen LogP contribution is 2.38. The fraction of sp³-hybridized carbons (Fsp3) is 0.0870. The lowest BCUT2D eigenvalue weighted by Crippen LogP contribution is -1.91. The number of ether oxygens (including phenoxy) is 1. The number of hydrogen-bond donors (Lipinski definition) is 0. The molecule has 122 valence electrons. The molecule has 0 aliphatic carbocycles. The Bertz CT molecular complexity index is 1040. The van der Waals surface area contributed by atoms with Crippen LogP contribution in [-0.4, -0.2) is 12.1 Å². The van der Waals surface area contributed by atoms with E-state index in [1.54, 1.807) is 7.11 Å². The fourth-order valence-electron chi connectivity index (χ4n) is 3.31. The van der Waals surface area contributed by atoms with E-state index >= 15 is 0 Å². The summed E-state index contributed by atoms with van der Waals surface area (Å²) in [4.78, 5) is 4.47. The third-order valence-electron chi connectivity index (χ3n) is 4.59. The highest BCUT2D eigenvalue weighted by molar-refractivity contribution is 6.00. The molecule has 0 aliphatic heterocycles. The molecule has 4 rings (SSSR count). The van der Waals surface area contributed by atoms with Crippen LogP contribution in [0.2, 0.25) is 0 Å². The summed E-state index contributed by atoms with van der Waals surface area (Å²) in [7, 11) is 1.72. The zero-order chi connectivity index (χ0) is 17.2. The van der Waals surface area contributed by atoms with Crippen LogP contribution in [0.25, 0.3) is 33.2 Å². The molecule has 0 amide bonds. The van der Waals surface area contributed by atoms with Crippen molar-refractivity contribution in [3.8, 4) is 28.1 Å². The number of benzene rings is 3. The van der Waals surface area contributed by atoms with Gasteiger partial charge in [-0.3, -0.25) is 4.98 Å². The Balaban J connectivity index is 1.98. The molecule has 3 aromatic carbocycles. The lowest BCUT2D eigenvalue weighted by atomic mass is 9.94. The molecule has 1 heterocycles. The van der Waals surface area contributed by atoms with Crippen LogP contribution in [0.1, 0.15) is 5.56 Å². The van der Waals surface area contributed by atoms with Gasteiger partial charge in [0, 0.05) is 17.3 Å². The smallest absolute Gasteiger partial charge is 0.126 e. The zero-order valence-corrected chi connectivity index (χ0v) is 14.4. The van der Waals surface area contributed by atoms with Crippen LogP contribution in [0.4, 0.5) is 0 Å². The van der Waals surface area contributed by atoms with Crippen molar-refractivity contribution in [2.75, 3.05) is 7.11 Å². The summed E-state index contributed by atoms with van der Waals surface area (Å²) in [6, 6.07) is 25.1. The first-order valence-corrected chi connectivity index (χ1v) is 8.36. The van der Waals surface area contributed by atoms with E-state index in [0.717, 1.165) is 22.6 Å². The lowest BCUT2D eigenvalue weighted by molar-refractivity contribution is 0.416. The van der Waals surface area contributed by atoms with E-state index in [-0.39, 0.29) is 0 Å². The minimum absolute atomic E-state index is 0.869. The van der Waals surface area contributed by atoms with Crippen molar-refractivity contribution >= 4 is 10.8 Å². The summed E-state index contributed by atoms with van der Waals surface area (Å²) >= 11 is 0. The minimum atomic E-state index is 0.869. The SMILES string of the molecule is COc1ccc(-c2ccccn2)cc1-c1cccc2c(C)cccc12. The second-order valence-corrected chi connectivity index (χ2v) is 6.11. The summed E-state index contributed by atoms with van der Waals surface area (Å²) in [6.07, 6.45) is 1.82. The monoisotopic (exact) mass is 325 g/mol. The van der Waals surface area contributed by atoms with E-state index < -0.39 is 0 Å². The van der Waals surface area contributed by atoms with Gasteiger partial charge in [-0.1, -0.05) is 42.5 Å². The van der Waals surface area contributed by atoms with Gasteiger partial charge in [0.2, 0.25) is 0 Å². The van der Waals surface area contributed by atoms with Crippen molar-refractivity contribution in [3.05, 3.63) is 84.6 Å². The van der Waals surface area contributed by atoms with E-state index in [1.165, 1.54) is 21.9 Å². The largest absolute Gasteiger partial charge is 0.496 e. The van der Waals surface area contributed by atoms with Crippen LogP contribution in [0.3, 0.4) is 0 Å². The average Bonchev–Trinajstić information content (AvgIpc) is 2.68. The molecule has 4 aromatic rings.